The number of pyridine rings is 1. The largest absolute Gasteiger partial charge is 0.477 e. The number of carbonyl (C=O) groups is 1. The van der Waals surface area contributed by atoms with E-state index in [1.54, 1.807) is 0 Å². The van der Waals surface area contributed by atoms with Crippen LogP contribution in [0.25, 0.3) is 0 Å². The standard InChI is InChI=1S/C12H9NO3S/c14-11-10(12(15)16)6-9(7-13-11)17-8-4-2-1-3-5-8/h1-7H,(H,13,14)(H,15,16). The van der Waals surface area contributed by atoms with Crippen LogP contribution in [-0.2, 0) is 0 Å². The predicted molar refractivity (Wildman–Crippen MR) is 64.6 cm³/mol. The molecule has 0 bridgehead atoms. The van der Waals surface area contributed by atoms with Crippen molar-refractivity contribution in [1.29, 1.82) is 0 Å². The van der Waals surface area contributed by atoms with Crippen molar-refractivity contribution in [2.45, 2.75) is 9.79 Å². The van der Waals surface area contributed by atoms with Crippen molar-refractivity contribution in [3.05, 3.63) is 58.5 Å². The maximum atomic E-state index is 11.2. The van der Waals surface area contributed by atoms with Gasteiger partial charge in [-0.25, -0.2) is 4.79 Å². The maximum absolute atomic E-state index is 11.2. The van der Waals surface area contributed by atoms with E-state index in [4.69, 9.17) is 5.11 Å². The summed E-state index contributed by atoms with van der Waals surface area (Å²) in [5, 5.41) is 8.83. The monoisotopic (exact) mass is 247 g/mol. The molecule has 2 rings (SSSR count). The molecule has 0 spiro atoms. The molecule has 0 atom stereocenters. The van der Waals surface area contributed by atoms with Gasteiger partial charge in [0.05, 0.1) is 0 Å². The van der Waals surface area contributed by atoms with Crippen LogP contribution in [0.3, 0.4) is 0 Å². The van der Waals surface area contributed by atoms with E-state index in [9.17, 15) is 9.59 Å². The Hall–Kier alpha value is -2.01. The predicted octanol–water partition coefficient (Wildman–Crippen LogP) is 2.22. The van der Waals surface area contributed by atoms with Gasteiger partial charge < -0.3 is 10.1 Å². The van der Waals surface area contributed by atoms with Gasteiger partial charge in [-0.05, 0) is 18.2 Å². The van der Waals surface area contributed by atoms with Gasteiger partial charge in [0.2, 0.25) is 0 Å². The zero-order valence-electron chi connectivity index (χ0n) is 8.71. The fourth-order valence-corrected chi connectivity index (χ4v) is 2.17. The lowest BCUT2D eigenvalue weighted by Gasteiger charge is -2.01. The molecule has 1 aromatic carbocycles. The van der Waals surface area contributed by atoms with Crippen LogP contribution in [0, 0.1) is 0 Å². The van der Waals surface area contributed by atoms with Crippen LogP contribution >= 0.6 is 11.8 Å². The number of H-pyrrole nitrogens is 1. The van der Waals surface area contributed by atoms with Gasteiger partial charge in [0, 0.05) is 16.0 Å². The van der Waals surface area contributed by atoms with Crippen LogP contribution < -0.4 is 5.56 Å². The maximum Gasteiger partial charge on any atom is 0.341 e. The summed E-state index contributed by atoms with van der Waals surface area (Å²) in [6.07, 6.45) is 1.51. The van der Waals surface area contributed by atoms with Gasteiger partial charge in [-0.15, -0.1) is 0 Å². The smallest absolute Gasteiger partial charge is 0.341 e. The van der Waals surface area contributed by atoms with E-state index in [0.29, 0.717) is 4.90 Å². The highest BCUT2D eigenvalue weighted by atomic mass is 32.2. The van der Waals surface area contributed by atoms with Gasteiger partial charge in [-0.1, -0.05) is 30.0 Å². The molecule has 0 saturated heterocycles. The lowest BCUT2D eigenvalue weighted by Crippen LogP contribution is -2.16. The number of aromatic nitrogens is 1. The van der Waals surface area contributed by atoms with E-state index in [1.807, 2.05) is 30.3 Å². The molecule has 1 aromatic heterocycles. The Morgan fingerprint density at radius 2 is 1.88 bits per heavy atom. The molecule has 2 aromatic rings. The first kappa shape index (κ1) is 11.5. The number of benzene rings is 1. The molecular formula is C12H9NO3S. The van der Waals surface area contributed by atoms with Crippen LogP contribution in [0.2, 0.25) is 0 Å². The van der Waals surface area contributed by atoms with E-state index in [1.165, 1.54) is 24.0 Å². The van der Waals surface area contributed by atoms with Crippen molar-refractivity contribution in [1.82, 2.24) is 4.98 Å². The second-order valence-corrected chi connectivity index (χ2v) is 4.45. The molecular weight excluding hydrogens is 238 g/mol. The topological polar surface area (TPSA) is 70.2 Å². The van der Waals surface area contributed by atoms with E-state index in [0.717, 1.165) is 4.90 Å². The highest BCUT2D eigenvalue weighted by Crippen LogP contribution is 2.26. The number of hydrogen-bond donors (Lipinski definition) is 2. The molecule has 86 valence electrons. The Morgan fingerprint density at radius 1 is 1.18 bits per heavy atom. The van der Waals surface area contributed by atoms with Crippen LogP contribution in [-0.4, -0.2) is 16.1 Å². The number of carboxylic acids is 1. The fraction of sp³-hybridized carbons (Fsp3) is 0. The minimum Gasteiger partial charge on any atom is -0.477 e. The summed E-state index contributed by atoms with van der Waals surface area (Å²) < 4.78 is 0. The van der Waals surface area contributed by atoms with Crippen molar-refractivity contribution in [3.63, 3.8) is 0 Å². The number of carboxylic acid groups (broad SMARTS) is 1. The van der Waals surface area contributed by atoms with Crippen LogP contribution in [0.4, 0.5) is 0 Å². The summed E-state index contributed by atoms with van der Waals surface area (Å²) in [6.45, 7) is 0. The van der Waals surface area contributed by atoms with Gasteiger partial charge in [0.15, 0.2) is 0 Å². The summed E-state index contributed by atoms with van der Waals surface area (Å²) in [6, 6.07) is 10.9. The molecule has 0 aliphatic rings. The second kappa shape index (κ2) is 4.88. The number of hydrogen-bond acceptors (Lipinski definition) is 3. The van der Waals surface area contributed by atoms with Crippen molar-refractivity contribution in [2.24, 2.45) is 0 Å². The average molecular weight is 247 g/mol. The van der Waals surface area contributed by atoms with E-state index in [2.05, 4.69) is 4.98 Å². The SMILES string of the molecule is O=C(O)c1cc(Sc2ccccc2)c[nH]c1=O. The molecule has 2 N–H and O–H groups in total. The minimum atomic E-state index is -1.22. The number of aromatic amines is 1. The number of aromatic carboxylic acids is 1. The molecule has 0 aliphatic heterocycles. The Labute approximate surface area is 101 Å². The Bertz CT molecular complexity index is 592. The first-order valence-electron chi connectivity index (χ1n) is 4.86. The Kier molecular flexibility index (Phi) is 3.30. The molecule has 0 radical (unpaired) electrons. The third kappa shape index (κ3) is 2.76. The number of nitrogens with one attached hydrogen (secondary N) is 1. The van der Waals surface area contributed by atoms with Gasteiger partial charge in [-0.2, -0.15) is 0 Å². The van der Waals surface area contributed by atoms with Crippen LogP contribution in [0.5, 0.6) is 0 Å². The molecule has 0 aliphatic carbocycles. The molecule has 5 heteroatoms. The van der Waals surface area contributed by atoms with Crippen molar-refractivity contribution >= 4 is 17.7 Å². The lowest BCUT2D eigenvalue weighted by molar-refractivity contribution is 0.0694. The third-order valence-electron chi connectivity index (χ3n) is 2.09. The first-order chi connectivity index (χ1) is 8.16. The first-order valence-corrected chi connectivity index (χ1v) is 5.67. The lowest BCUT2D eigenvalue weighted by atomic mass is 10.3. The summed E-state index contributed by atoms with van der Waals surface area (Å²) in [5.74, 6) is -1.22. The normalized spacial score (nSPS) is 10.1. The molecule has 0 amide bonds. The molecule has 17 heavy (non-hydrogen) atoms. The van der Waals surface area contributed by atoms with Crippen molar-refractivity contribution in [3.8, 4) is 0 Å². The van der Waals surface area contributed by atoms with E-state index in [-0.39, 0.29) is 5.56 Å². The third-order valence-corrected chi connectivity index (χ3v) is 3.07. The Balaban J connectivity index is 2.32. The quantitative estimate of drug-likeness (QED) is 0.872. The average Bonchev–Trinajstić information content (AvgIpc) is 2.32. The second-order valence-electron chi connectivity index (χ2n) is 3.30. The summed E-state index contributed by atoms with van der Waals surface area (Å²) >= 11 is 1.39. The van der Waals surface area contributed by atoms with Crippen LogP contribution in [0.15, 0.2) is 57.2 Å². The number of rotatable bonds is 3. The molecule has 0 unspecified atom stereocenters. The summed E-state index contributed by atoms with van der Waals surface area (Å²) in [7, 11) is 0. The molecule has 0 saturated carbocycles. The minimum absolute atomic E-state index is 0.245. The highest BCUT2D eigenvalue weighted by molar-refractivity contribution is 7.99. The molecule has 4 nitrogen and oxygen atoms in total. The van der Waals surface area contributed by atoms with E-state index < -0.39 is 11.5 Å². The zero-order valence-corrected chi connectivity index (χ0v) is 9.53. The molecule has 0 fully saturated rings. The van der Waals surface area contributed by atoms with Gasteiger partial charge in [0.1, 0.15) is 5.56 Å². The fourth-order valence-electron chi connectivity index (χ4n) is 1.31. The van der Waals surface area contributed by atoms with Gasteiger partial charge in [0.25, 0.3) is 5.56 Å². The van der Waals surface area contributed by atoms with Crippen molar-refractivity contribution < 1.29 is 9.90 Å². The summed E-state index contributed by atoms with van der Waals surface area (Å²) in [4.78, 5) is 26.1. The summed E-state index contributed by atoms with van der Waals surface area (Å²) in [5.41, 5.74) is -0.833. The van der Waals surface area contributed by atoms with Gasteiger partial charge in [-0.3, -0.25) is 4.79 Å². The van der Waals surface area contributed by atoms with E-state index >= 15 is 0 Å². The van der Waals surface area contributed by atoms with Crippen LogP contribution in [0.1, 0.15) is 10.4 Å². The van der Waals surface area contributed by atoms with Gasteiger partial charge >= 0.3 is 5.97 Å². The molecule has 1 heterocycles. The van der Waals surface area contributed by atoms with Crippen molar-refractivity contribution in [2.75, 3.05) is 0 Å². The zero-order chi connectivity index (χ0) is 12.3. The highest BCUT2D eigenvalue weighted by Gasteiger charge is 2.09. The Morgan fingerprint density at radius 3 is 2.53 bits per heavy atom.